The van der Waals surface area contributed by atoms with Crippen molar-refractivity contribution in [2.24, 2.45) is 5.92 Å². The molecule has 22 heavy (non-hydrogen) atoms. The second-order valence-corrected chi connectivity index (χ2v) is 6.10. The monoisotopic (exact) mass is 335 g/mol. The Bertz CT molecular complexity index is 700. The van der Waals surface area contributed by atoms with Gasteiger partial charge in [-0.05, 0) is 42.2 Å². The molecule has 2 aromatic carbocycles. The van der Waals surface area contributed by atoms with Crippen molar-refractivity contribution in [1.82, 2.24) is 0 Å². The maximum Gasteiger partial charge on any atom is 0.228 e. The van der Waals surface area contributed by atoms with E-state index in [-0.39, 0.29) is 17.7 Å². The van der Waals surface area contributed by atoms with Crippen LogP contribution in [0.25, 0.3) is 0 Å². The molecule has 1 amide bonds. The number of ether oxygens (including phenoxy) is 1. The lowest BCUT2D eigenvalue weighted by molar-refractivity contribution is -0.117. The van der Waals surface area contributed by atoms with Gasteiger partial charge in [0.1, 0.15) is 5.75 Å². The number of halogens is 2. The Labute approximate surface area is 139 Å². The molecule has 3 rings (SSSR count). The minimum Gasteiger partial charge on any atom is -0.497 e. The molecule has 3 nitrogen and oxygen atoms in total. The van der Waals surface area contributed by atoms with E-state index in [1.54, 1.807) is 25.3 Å². The van der Waals surface area contributed by atoms with Gasteiger partial charge in [-0.3, -0.25) is 4.79 Å². The molecule has 1 N–H and O–H groups in total. The topological polar surface area (TPSA) is 38.3 Å². The van der Waals surface area contributed by atoms with E-state index < -0.39 is 0 Å². The second kappa shape index (κ2) is 6.19. The van der Waals surface area contributed by atoms with E-state index in [2.05, 4.69) is 5.32 Å². The van der Waals surface area contributed by atoms with Crippen molar-refractivity contribution in [2.45, 2.75) is 12.3 Å². The van der Waals surface area contributed by atoms with E-state index in [0.717, 1.165) is 17.7 Å². The maximum absolute atomic E-state index is 12.3. The molecular weight excluding hydrogens is 321 g/mol. The molecule has 1 aliphatic rings. The average Bonchev–Trinajstić information content (AvgIpc) is 3.32. The first-order valence-electron chi connectivity index (χ1n) is 6.99. The summed E-state index contributed by atoms with van der Waals surface area (Å²) in [6.07, 6.45) is 0.844. The standard InChI is InChI=1S/C17H15Cl2NO2/c1-22-11-7-5-10(6-8-11)12-9-13(12)17(21)20-15-4-2-3-14(18)16(15)19/h2-8,12-13H,9H2,1H3,(H,20,21). The third-order valence-corrected chi connectivity index (χ3v) is 4.70. The van der Waals surface area contributed by atoms with Gasteiger partial charge in [-0.2, -0.15) is 0 Å². The van der Waals surface area contributed by atoms with Crippen LogP contribution in [0.2, 0.25) is 10.0 Å². The highest BCUT2D eigenvalue weighted by Gasteiger charge is 2.44. The summed E-state index contributed by atoms with van der Waals surface area (Å²) in [7, 11) is 1.64. The molecule has 2 unspecified atom stereocenters. The fourth-order valence-electron chi connectivity index (χ4n) is 2.53. The van der Waals surface area contributed by atoms with Gasteiger partial charge in [0.2, 0.25) is 5.91 Å². The van der Waals surface area contributed by atoms with Crippen LogP contribution in [-0.2, 0) is 4.79 Å². The number of carbonyl (C=O) groups is 1. The van der Waals surface area contributed by atoms with Crippen LogP contribution < -0.4 is 10.1 Å². The maximum atomic E-state index is 12.3. The molecule has 0 spiro atoms. The van der Waals surface area contributed by atoms with Crippen molar-refractivity contribution in [2.75, 3.05) is 12.4 Å². The molecule has 0 bridgehead atoms. The summed E-state index contributed by atoms with van der Waals surface area (Å²) in [4.78, 5) is 12.3. The SMILES string of the molecule is COc1ccc(C2CC2C(=O)Nc2cccc(Cl)c2Cl)cc1. The van der Waals surface area contributed by atoms with Crippen LogP contribution in [0.1, 0.15) is 17.9 Å². The van der Waals surface area contributed by atoms with Crippen molar-refractivity contribution in [1.29, 1.82) is 0 Å². The number of carbonyl (C=O) groups excluding carboxylic acids is 1. The Morgan fingerprint density at radius 3 is 2.59 bits per heavy atom. The van der Waals surface area contributed by atoms with Crippen LogP contribution in [-0.4, -0.2) is 13.0 Å². The van der Waals surface area contributed by atoms with Crippen LogP contribution in [0.4, 0.5) is 5.69 Å². The number of nitrogens with one attached hydrogen (secondary N) is 1. The van der Waals surface area contributed by atoms with Gasteiger partial charge in [0, 0.05) is 5.92 Å². The van der Waals surface area contributed by atoms with Gasteiger partial charge < -0.3 is 10.1 Å². The third kappa shape index (κ3) is 3.06. The molecule has 114 valence electrons. The lowest BCUT2D eigenvalue weighted by Crippen LogP contribution is -2.14. The lowest BCUT2D eigenvalue weighted by atomic mass is 10.1. The van der Waals surface area contributed by atoms with Gasteiger partial charge in [0.25, 0.3) is 0 Å². The summed E-state index contributed by atoms with van der Waals surface area (Å²) in [6.45, 7) is 0. The van der Waals surface area contributed by atoms with Crippen molar-refractivity contribution >= 4 is 34.8 Å². The molecular formula is C17H15Cl2NO2. The number of hydrogen-bond donors (Lipinski definition) is 1. The molecule has 2 aromatic rings. The third-order valence-electron chi connectivity index (χ3n) is 3.88. The molecule has 1 aliphatic carbocycles. The van der Waals surface area contributed by atoms with Crippen LogP contribution in [0, 0.1) is 5.92 Å². The lowest BCUT2D eigenvalue weighted by Gasteiger charge is -2.08. The van der Waals surface area contributed by atoms with Crippen LogP contribution in [0.3, 0.4) is 0 Å². The summed E-state index contributed by atoms with van der Waals surface area (Å²) < 4.78 is 5.14. The largest absolute Gasteiger partial charge is 0.497 e. The number of methoxy groups -OCH3 is 1. The van der Waals surface area contributed by atoms with E-state index in [9.17, 15) is 4.79 Å². The van der Waals surface area contributed by atoms with E-state index in [0.29, 0.717) is 15.7 Å². The number of anilines is 1. The van der Waals surface area contributed by atoms with Crippen LogP contribution in [0.5, 0.6) is 5.75 Å². The predicted molar refractivity (Wildman–Crippen MR) is 88.9 cm³/mol. The molecule has 1 saturated carbocycles. The van der Waals surface area contributed by atoms with Gasteiger partial charge in [0.15, 0.2) is 0 Å². The summed E-state index contributed by atoms with van der Waals surface area (Å²) in [5.41, 5.74) is 1.71. The fourth-order valence-corrected chi connectivity index (χ4v) is 2.88. The Kier molecular flexibility index (Phi) is 4.27. The number of rotatable bonds is 4. The van der Waals surface area contributed by atoms with Gasteiger partial charge in [0.05, 0.1) is 22.8 Å². The molecule has 0 aliphatic heterocycles. The summed E-state index contributed by atoms with van der Waals surface area (Å²) >= 11 is 12.0. The van der Waals surface area contributed by atoms with Crippen molar-refractivity contribution < 1.29 is 9.53 Å². The number of amides is 1. The molecule has 0 heterocycles. The first kappa shape index (κ1) is 15.2. The Morgan fingerprint density at radius 1 is 1.18 bits per heavy atom. The zero-order valence-electron chi connectivity index (χ0n) is 12.0. The zero-order valence-corrected chi connectivity index (χ0v) is 13.5. The molecule has 5 heteroatoms. The average molecular weight is 336 g/mol. The van der Waals surface area contributed by atoms with Crippen molar-refractivity contribution in [3.05, 3.63) is 58.1 Å². The fraction of sp³-hybridized carbons (Fsp3) is 0.235. The minimum atomic E-state index is -0.0246. The molecule has 1 fully saturated rings. The minimum absolute atomic E-state index is 0.0232. The highest BCUT2D eigenvalue weighted by atomic mass is 35.5. The quantitative estimate of drug-likeness (QED) is 0.875. The Balaban J connectivity index is 1.66. The van der Waals surface area contributed by atoms with E-state index in [1.165, 1.54) is 0 Å². The summed E-state index contributed by atoms with van der Waals surface area (Å²) in [5.74, 6) is 1.02. The van der Waals surface area contributed by atoms with Crippen LogP contribution in [0.15, 0.2) is 42.5 Å². The first-order chi connectivity index (χ1) is 10.6. The Hall–Kier alpha value is -1.71. The summed E-state index contributed by atoms with van der Waals surface area (Å²) in [5, 5.41) is 3.66. The molecule has 2 atom stereocenters. The highest BCUT2D eigenvalue weighted by molar-refractivity contribution is 6.44. The number of benzene rings is 2. The number of hydrogen-bond acceptors (Lipinski definition) is 2. The van der Waals surface area contributed by atoms with Gasteiger partial charge >= 0.3 is 0 Å². The smallest absolute Gasteiger partial charge is 0.228 e. The normalized spacial score (nSPS) is 19.6. The van der Waals surface area contributed by atoms with E-state index >= 15 is 0 Å². The van der Waals surface area contributed by atoms with Gasteiger partial charge in [-0.1, -0.05) is 41.4 Å². The molecule has 0 saturated heterocycles. The summed E-state index contributed by atoms with van der Waals surface area (Å²) in [6, 6.07) is 13.0. The molecule has 0 aromatic heterocycles. The second-order valence-electron chi connectivity index (χ2n) is 5.31. The van der Waals surface area contributed by atoms with Gasteiger partial charge in [-0.15, -0.1) is 0 Å². The van der Waals surface area contributed by atoms with Crippen molar-refractivity contribution in [3.8, 4) is 5.75 Å². The van der Waals surface area contributed by atoms with Gasteiger partial charge in [-0.25, -0.2) is 0 Å². The van der Waals surface area contributed by atoms with E-state index in [4.69, 9.17) is 27.9 Å². The van der Waals surface area contributed by atoms with E-state index in [1.807, 2.05) is 24.3 Å². The first-order valence-corrected chi connectivity index (χ1v) is 7.74. The van der Waals surface area contributed by atoms with Crippen LogP contribution >= 0.6 is 23.2 Å². The predicted octanol–water partition coefficient (Wildman–Crippen LogP) is 4.74. The zero-order chi connectivity index (χ0) is 15.7. The molecule has 0 radical (unpaired) electrons. The highest BCUT2D eigenvalue weighted by Crippen LogP contribution is 2.48. The van der Waals surface area contributed by atoms with Crippen molar-refractivity contribution in [3.63, 3.8) is 0 Å². The Morgan fingerprint density at radius 2 is 1.91 bits per heavy atom.